The molecule has 2 rings (SSSR count). The number of ether oxygens (including phenoxy) is 2. The van der Waals surface area contributed by atoms with E-state index in [0.717, 1.165) is 18.7 Å². The third-order valence-corrected chi connectivity index (χ3v) is 4.64. The van der Waals surface area contributed by atoms with E-state index in [-0.39, 0.29) is 23.5 Å². The molecule has 0 fully saturated rings. The van der Waals surface area contributed by atoms with E-state index in [0.29, 0.717) is 10.2 Å². The summed E-state index contributed by atoms with van der Waals surface area (Å²) >= 11 is 3.36. The van der Waals surface area contributed by atoms with Gasteiger partial charge in [0, 0.05) is 24.1 Å². The lowest BCUT2D eigenvalue weighted by Crippen LogP contribution is -2.14. The minimum Gasteiger partial charge on any atom is -0.496 e. The second kappa shape index (κ2) is 9.78. The van der Waals surface area contributed by atoms with Crippen molar-refractivity contribution in [3.8, 4) is 5.75 Å². The number of esters is 1. The first kappa shape index (κ1) is 22.7. The smallest absolute Gasteiger partial charge is 0.416 e. The van der Waals surface area contributed by atoms with Crippen molar-refractivity contribution in [1.82, 2.24) is 4.90 Å². The van der Waals surface area contributed by atoms with E-state index in [1.54, 1.807) is 12.4 Å². The van der Waals surface area contributed by atoms with Crippen molar-refractivity contribution in [3.05, 3.63) is 57.6 Å². The minimum atomic E-state index is -4.46. The topological polar surface area (TPSA) is 51.1 Å². The zero-order valence-corrected chi connectivity index (χ0v) is 17.7. The number of nitrogens with zero attached hydrogens (tertiary/aromatic N) is 2. The molecule has 2 aromatic rings. The van der Waals surface area contributed by atoms with Crippen LogP contribution in [0.4, 0.5) is 18.9 Å². The first-order valence-electron chi connectivity index (χ1n) is 8.61. The monoisotopic (exact) mass is 472 g/mol. The van der Waals surface area contributed by atoms with Gasteiger partial charge in [-0.2, -0.15) is 13.2 Å². The van der Waals surface area contributed by atoms with E-state index < -0.39 is 17.7 Å². The highest BCUT2D eigenvalue weighted by molar-refractivity contribution is 9.10. The van der Waals surface area contributed by atoms with Gasteiger partial charge in [0.2, 0.25) is 0 Å². The lowest BCUT2D eigenvalue weighted by Gasteiger charge is -2.13. The number of halogens is 4. The summed E-state index contributed by atoms with van der Waals surface area (Å²) in [5, 5.41) is 0. The van der Waals surface area contributed by atoms with Crippen LogP contribution in [0.2, 0.25) is 0 Å². The van der Waals surface area contributed by atoms with Crippen LogP contribution in [0.5, 0.6) is 5.75 Å². The molecule has 0 atom stereocenters. The average Bonchev–Trinajstić information content (AvgIpc) is 2.70. The van der Waals surface area contributed by atoms with Crippen LogP contribution in [0.3, 0.4) is 0 Å². The fraction of sp³-hybridized carbons (Fsp3) is 0.300. The zero-order chi connectivity index (χ0) is 21.6. The molecule has 5 nitrogen and oxygen atoms in total. The maximum absolute atomic E-state index is 12.8. The molecule has 0 aliphatic heterocycles. The fourth-order valence-electron chi connectivity index (χ4n) is 2.28. The number of rotatable bonds is 7. The number of carbonyl (C=O) groups is 1. The van der Waals surface area contributed by atoms with Crippen LogP contribution in [0.25, 0.3) is 0 Å². The summed E-state index contributed by atoms with van der Waals surface area (Å²) in [5.74, 6) is -0.477. The zero-order valence-electron chi connectivity index (χ0n) is 16.1. The summed E-state index contributed by atoms with van der Waals surface area (Å²) in [6.45, 7) is 2.45. The summed E-state index contributed by atoms with van der Waals surface area (Å²) in [6, 6.07) is 7.71. The molecule has 0 heterocycles. The van der Waals surface area contributed by atoms with Crippen LogP contribution in [0.1, 0.15) is 28.4 Å². The molecule has 0 aliphatic rings. The van der Waals surface area contributed by atoms with Gasteiger partial charge in [0.1, 0.15) is 17.9 Å². The maximum atomic E-state index is 12.8. The summed E-state index contributed by atoms with van der Waals surface area (Å²) in [4.78, 5) is 18.7. The van der Waals surface area contributed by atoms with Gasteiger partial charge in [-0.3, -0.25) is 0 Å². The lowest BCUT2D eigenvalue weighted by molar-refractivity contribution is -0.137. The van der Waals surface area contributed by atoms with Crippen molar-refractivity contribution in [2.75, 3.05) is 20.7 Å². The van der Waals surface area contributed by atoms with Crippen molar-refractivity contribution in [1.29, 1.82) is 0 Å². The Kier molecular flexibility index (Phi) is 7.66. The molecule has 0 aliphatic carbocycles. The molecule has 0 saturated heterocycles. The summed E-state index contributed by atoms with van der Waals surface area (Å²) < 4.78 is 49.4. The van der Waals surface area contributed by atoms with Gasteiger partial charge in [-0.1, -0.05) is 12.1 Å². The normalized spacial score (nSPS) is 11.6. The molecule has 0 amide bonds. The highest BCUT2D eigenvalue weighted by Crippen LogP contribution is 2.34. The molecule has 0 spiro atoms. The standard InChI is InChI=1S/C20H20BrF3N2O3/c1-4-26(2)12-25-17-10-18(28-3)15(9-16(17)21)19(27)29-11-13-6-5-7-14(8-13)20(22,23)24/h5-10,12H,4,11H2,1-3H3. The van der Waals surface area contributed by atoms with Crippen LogP contribution in [0.15, 0.2) is 45.9 Å². The van der Waals surface area contributed by atoms with Gasteiger partial charge >= 0.3 is 12.1 Å². The van der Waals surface area contributed by atoms with Crippen LogP contribution in [0, 0.1) is 0 Å². The number of aliphatic imine (C=N–C) groups is 1. The fourth-order valence-corrected chi connectivity index (χ4v) is 2.72. The minimum absolute atomic E-state index is 0.133. The van der Waals surface area contributed by atoms with Gasteiger partial charge in [-0.15, -0.1) is 0 Å². The number of benzene rings is 2. The van der Waals surface area contributed by atoms with Gasteiger partial charge in [0.25, 0.3) is 0 Å². The predicted molar refractivity (Wildman–Crippen MR) is 108 cm³/mol. The summed E-state index contributed by atoms with van der Waals surface area (Å²) in [6.07, 6.45) is -2.82. The molecule has 0 saturated carbocycles. The van der Waals surface area contributed by atoms with Crippen molar-refractivity contribution < 1.29 is 27.4 Å². The lowest BCUT2D eigenvalue weighted by atomic mass is 10.1. The van der Waals surface area contributed by atoms with Crippen molar-refractivity contribution in [2.45, 2.75) is 19.7 Å². The molecule has 29 heavy (non-hydrogen) atoms. The van der Waals surface area contributed by atoms with Gasteiger partial charge in [0.15, 0.2) is 0 Å². The summed E-state index contributed by atoms with van der Waals surface area (Å²) in [5.41, 5.74) is 0.117. The Morgan fingerprint density at radius 2 is 2.00 bits per heavy atom. The molecule has 2 aromatic carbocycles. The number of hydrogen-bond donors (Lipinski definition) is 0. The molecule has 156 valence electrons. The van der Waals surface area contributed by atoms with E-state index in [2.05, 4.69) is 20.9 Å². The van der Waals surface area contributed by atoms with Crippen LogP contribution in [-0.2, 0) is 17.5 Å². The third kappa shape index (κ3) is 6.22. The van der Waals surface area contributed by atoms with E-state index in [9.17, 15) is 18.0 Å². The molecule has 0 aromatic heterocycles. The van der Waals surface area contributed by atoms with E-state index in [4.69, 9.17) is 9.47 Å². The maximum Gasteiger partial charge on any atom is 0.416 e. The Labute approximate surface area is 175 Å². The van der Waals surface area contributed by atoms with Crippen LogP contribution in [-0.4, -0.2) is 37.9 Å². The number of methoxy groups -OCH3 is 1. The highest BCUT2D eigenvalue weighted by atomic mass is 79.9. The van der Waals surface area contributed by atoms with Crippen LogP contribution >= 0.6 is 15.9 Å². The second-order valence-electron chi connectivity index (χ2n) is 6.10. The first-order valence-corrected chi connectivity index (χ1v) is 9.40. The van der Waals surface area contributed by atoms with Crippen molar-refractivity contribution >= 4 is 33.9 Å². The van der Waals surface area contributed by atoms with Gasteiger partial charge in [-0.25, -0.2) is 9.79 Å². The van der Waals surface area contributed by atoms with Gasteiger partial charge in [0.05, 0.1) is 24.7 Å². The Morgan fingerprint density at radius 1 is 1.28 bits per heavy atom. The highest BCUT2D eigenvalue weighted by Gasteiger charge is 2.30. The first-order chi connectivity index (χ1) is 13.7. The molecule has 0 unspecified atom stereocenters. The SMILES string of the molecule is CCN(C)C=Nc1cc(OC)c(C(=O)OCc2cccc(C(F)(F)F)c2)cc1Br. The Morgan fingerprint density at radius 3 is 2.62 bits per heavy atom. The van der Waals surface area contributed by atoms with Gasteiger partial charge in [-0.05, 0) is 46.6 Å². The van der Waals surface area contributed by atoms with Crippen molar-refractivity contribution in [3.63, 3.8) is 0 Å². The van der Waals surface area contributed by atoms with E-state index in [1.165, 1.54) is 25.3 Å². The van der Waals surface area contributed by atoms with Crippen LogP contribution < -0.4 is 4.74 Å². The van der Waals surface area contributed by atoms with Gasteiger partial charge < -0.3 is 14.4 Å². The molecular formula is C20H20BrF3N2O3. The largest absolute Gasteiger partial charge is 0.496 e. The molecule has 0 N–H and O–H groups in total. The Balaban J connectivity index is 2.18. The third-order valence-electron chi connectivity index (χ3n) is 4.01. The average molecular weight is 473 g/mol. The van der Waals surface area contributed by atoms with E-state index >= 15 is 0 Å². The Bertz CT molecular complexity index is 901. The molecule has 0 radical (unpaired) electrons. The second-order valence-corrected chi connectivity index (χ2v) is 6.95. The molecule has 0 bridgehead atoms. The number of carbonyl (C=O) groups excluding carboxylic acids is 1. The number of alkyl halides is 3. The summed E-state index contributed by atoms with van der Waals surface area (Å²) in [7, 11) is 3.27. The Hall–Kier alpha value is -2.55. The van der Waals surface area contributed by atoms with Crippen molar-refractivity contribution in [2.24, 2.45) is 4.99 Å². The predicted octanol–water partition coefficient (Wildman–Crippen LogP) is 5.45. The van der Waals surface area contributed by atoms with E-state index in [1.807, 2.05) is 18.9 Å². The molecule has 9 heteroatoms. The molecular weight excluding hydrogens is 453 g/mol. The number of hydrogen-bond acceptors (Lipinski definition) is 4. The quantitative estimate of drug-likeness (QED) is 0.305.